The van der Waals surface area contributed by atoms with Crippen molar-refractivity contribution in [1.82, 2.24) is 5.32 Å². The lowest BCUT2D eigenvalue weighted by Gasteiger charge is -2.61. The van der Waals surface area contributed by atoms with Gasteiger partial charge in [-0.2, -0.15) is 0 Å². The highest BCUT2D eigenvalue weighted by Crippen LogP contribution is 2.61. The van der Waals surface area contributed by atoms with Crippen LogP contribution in [0.3, 0.4) is 0 Å². The molecule has 0 saturated heterocycles. The summed E-state index contributed by atoms with van der Waals surface area (Å²) in [4.78, 5) is 24.9. The Morgan fingerprint density at radius 1 is 1.27 bits per heavy atom. The summed E-state index contributed by atoms with van der Waals surface area (Å²) < 4.78 is 10.3. The zero-order valence-corrected chi connectivity index (χ0v) is 16.1. The molecule has 0 aliphatic heterocycles. The van der Waals surface area contributed by atoms with E-state index in [1.807, 2.05) is 0 Å². The molecule has 3 aliphatic carbocycles. The monoisotopic (exact) mass is 369 g/mol. The normalized spacial score (nSPS) is 39.8. The van der Waals surface area contributed by atoms with Crippen LogP contribution in [0.1, 0.15) is 59.3 Å². The number of esters is 1. The molecular formula is C19H31NO6. The second kappa shape index (κ2) is 6.37. The van der Waals surface area contributed by atoms with Gasteiger partial charge < -0.3 is 25.0 Å². The first-order valence-electron chi connectivity index (χ1n) is 9.46. The van der Waals surface area contributed by atoms with Crippen LogP contribution in [0, 0.1) is 17.3 Å². The average molecular weight is 369 g/mol. The fourth-order valence-corrected chi connectivity index (χ4v) is 5.68. The topological polar surface area (TPSA) is 105 Å². The smallest absolute Gasteiger partial charge is 0.408 e. The maximum absolute atomic E-state index is 12.6. The van der Waals surface area contributed by atoms with Crippen LogP contribution in [0.25, 0.3) is 0 Å². The van der Waals surface area contributed by atoms with Crippen molar-refractivity contribution in [3.8, 4) is 0 Å². The van der Waals surface area contributed by atoms with Crippen molar-refractivity contribution in [2.45, 2.75) is 82.6 Å². The Balaban J connectivity index is 1.87. The molecule has 0 aromatic carbocycles. The second-order valence-electron chi connectivity index (χ2n) is 9.47. The van der Waals surface area contributed by atoms with Crippen molar-refractivity contribution < 1.29 is 29.3 Å². The minimum absolute atomic E-state index is 0.132. The summed E-state index contributed by atoms with van der Waals surface area (Å²) in [6.45, 7) is 5.29. The molecule has 1 amide bonds. The number of nitrogens with one attached hydrogen (secondary N) is 1. The Labute approximate surface area is 154 Å². The molecule has 0 heterocycles. The van der Waals surface area contributed by atoms with Crippen molar-refractivity contribution in [3.63, 3.8) is 0 Å². The summed E-state index contributed by atoms with van der Waals surface area (Å²) in [5.41, 5.74) is -2.23. The number of aliphatic hydroxyl groups is 2. The zero-order chi connectivity index (χ0) is 19.3. The van der Waals surface area contributed by atoms with Crippen molar-refractivity contribution in [2.75, 3.05) is 7.11 Å². The first kappa shape index (κ1) is 19.4. The Bertz CT molecular complexity index is 587. The van der Waals surface area contributed by atoms with E-state index in [1.54, 1.807) is 20.8 Å². The van der Waals surface area contributed by atoms with Crippen LogP contribution < -0.4 is 5.32 Å². The predicted octanol–water partition coefficient (Wildman–Crippen LogP) is 1.74. The van der Waals surface area contributed by atoms with Gasteiger partial charge in [-0.3, -0.25) is 0 Å². The summed E-state index contributed by atoms with van der Waals surface area (Å²) >= 11 is 0. The van der Waals surface area contributed by atoms with Crippen molar-refractivity contribution in [2.24, 2.45) is 17.3 Å². The number of alkyl carbamates (subject to hydrolysis) is 1. The van der Waals surface area contributed by atoms with Crippen LogP contribution in [0.2, 0.25) is 0 Å². The first-order chi connectivity index (χ1) is 12.0. The molecule has 3 fully saturated rings. The molecule has 3 N–H and O–H groups in total. The van der Waals surface area contributed by atoms with Gasteiger partial charge in [0.05, 0.1) is 18.8 Å². The molecule has 0 aromatic heterocycles. The third-order valence-electron chi connectivity index (χ3n) is 6.39. The standard InChI is InChI=1S/C19H31NO6/c1-17(2,3)26-16(23)20-14(15(22)25-4)18-6-5-12-13(21)7-11(8-18)9-19(12,24)10-18/h11-14,21,24H,5-10H2,1-4H3,(H,20,23)/t11?,12?,13?,14-,18?,19?/m1/s1. The molecular weight excluding hydrogens is 338 g/mol. The zero-order valence-electron chi connectivity index (χ0n) is 16.1. The van der Waals surface area contributed by atoms with E-state index in [4.69, 9.17) is 9.47 Å². The van der Waals surface area contributed by atoms with Gasteiger partial charge >= 0.3 is 12.1 Å². The number of methoxy groups -OCH3 is 1. The van der Waals surface area contributed by atoms with E-state index >= 15 is 0 Å². The minimum Gasteiger partial charge on any atom is -0.467 e. The maximum atomic E-state index is 12.6. The number of hydrogen-bond acceptors (Lipinski definition) is 6. The van der Waals surface area contributed by atoms with E-state index in [0.29, 0.717) is 38.5 Å². The molecule has 3 saturated carbocycles. The van der Waals surface area contributed by atoms with Gasteiger partial charge in [0.1, 0.15) is 11.6 Å². The number of carbonyl (C=O) groups is 2. The lowest BCUT2D eigenvalue weighted by atomic mass is 9.47. The van der Waals surface area contributed by atoms with Gasteiger partial charge in [-0.1, -0.05) is 0 Å². The van der Waals surface area contributed by atoms with Crippen LogP contribution in [0.5, 0.6) is 0 Å². The Kier molecular flexibility index (Phi) is 4.76. The molecule has 3 aliphatic rings. The van der Waals surface area contributed by atoms with E-state index < -0.39 is 40.8 Å². The highest BCUT2D eigenvalue weighted by atomic mass is 16.6. The van der Waals surface area contributed by atoms with Crippen molar-refractivity contribution >= 4 is 12.1 Å². The van der Waals surface area contributed by atoms with Crippen LogP contribution in [0.4, 0.5) is 4.79 Å². The maximum Gasteiger partial charge on any atom is 0.408 e. The van der Waals surface area contributed by atoms with Gasteiger partial charge in [-0.15, -0.1) is 0 Å². The van der Waals surface area contributed by atoms with E-state index in [9.17, 15) is 19.8 Å². The summed E-state index contributed by atoms with van der Waals surface area (Å²) in [6.07, 6.45) is 2.48. The average Bonchev–Trinajstić information content (AvgIpc) is 2.47. The molecule has 0 aromatic rings. The van der Waals surface area contributed by atoms with E-state index in [-0.39, 0.29) is 11.8 Å². The third-order valence-corrected chi connectivity index (χ3v) is 6.39. The molecule has 7 nitrogen and oxygen atoms in total. The fourth-order valence-electron chi connectivity index (χ4n) is 5.68. The SMILES string of the molecule is COC(=O)[C@@H](NC(=O)OC(C)(C)C)C12CCC3C(O)CC(CC3(O)C1)C2. The number of carbonyl (C=O) groups excluding carboxylic acids is 2. The van der Waals surface area contributed by atoms with Crippen LogP contribution >= 0.6 is 0 Å². The van der Waals surface area contributed by atoms with Gasteiger partial charge in [0.25, 0.3) is 0 Å². The molecule has 0 spiro atoms. The molecule has 3 rings (SSSR count). The van der Waals surface area contributed by atoms with Crippen molar-refractivity contribution in [3.05, 3.63) is 0 Å². The molecule has 26 heavy (non-hydrogen) atoms. The second-order valence-corrected chi connectivity index (χ2v) is 9.47. The summed E-state index contributed by atoms with van der Waals surface area (Å²) in [5.74, 6) is -0.543. The lowest BCUT2D eigenvalue weighted by molar-refractivity contribution is -0.212. The minimum atomic E-state index is -0.985. The molecule has 0 radical (unpaired) electrons. The van der Waals surface area contributed by atoms with Crippen LogP contribution in [-0.4, -0.2) is 52.7 Å². The highest BCUT2D eigenvalue weighted by molar-refractivity contribution is 5.82. The number of fused-ring (bicyclic) bond motifs is 2. The van der Waals surface area contributed by atoms with Crippen LogP contribution in [-0.2, 0) is 14.3 Å². The Morgan fingerprint density at radius 3 is 2.58 bits per heavy atom. The molecule has 6 atom stereocenters. The number of aliphatic hydroxyl groups excluding tert-OH is 1. The molecule has 5 unspecified atom stereocenters. The van der Waals surface area contributed by atoms with Crippen molar-refractivity contribution in [1.29, 1.82) is 0 Å². The Morgan fingerprint density at radius 2 is 1.96 bits per heavy atom. The molecule has 3 bridgehead atoms. The third kappa shape index (κ3) is 3.43. The fraction of sp³-hybridized carbons (Fsp3) is 0.895. The number of amides is 1. The van der Waals surface area contributed by atoms with Gasteiger partial charge in [0.15, 0.2) is 0 Å². The summed E-state index contributed by atoms with van der Waals surface area (Å²) in [5, 5.41) is 24.3. The Hall–Kier alpha value is -1.34. The highest BCUT2D eigenvalue weighted by Gasteiger charge is 2.63. The van der Waals surface area contributed by atoms with Gasteiger partial charge in [0.2, 0.25) is 0 Å². The van der Waals surface area contributed by atoms with E-state index in [2.05, 4.69) is 5.32 Å². The van der Waals surface area contributed by atoms with Gasteiger partial charge in [-0.05, 0) is 65.2 Å². The van der Waals surface area contributed by atoms with E-state index in [1.165, 1.54) is 7.11 Å². The number of rotatable bonds is 3. The summed E-state index contributed by atoms with van der Waals surface area (Å²) in [7, 11) is 1.30. The first-order valence-corrected chi connectivity index (χ1v) is 9.46. The quantitative estimate of drug-likeness (QED) is 0.655. The number of ether oxygens (including phenoxy) is 2. The van der Waals surface area contributed by atoms with E-state index in [0.717, 1.165) is 0 Å². The number of hydrogen-bond donors (Lipinski definition) is 3. The lowest BCUT2D eigenvalue weighted by Crippen LogP contribution is -2.66. The van der Waals surface area contributed by atoms with Gasteiger partial charge in [-0.25, -0.2) is 9.59 Å². The van der Waals surface area contributed by atoms with Gasteiger partial charge in [0, 0.05) is 11.3 Å². The van der Waals surface area contributed by atoms with Crippen LogP contribution in [0.15, 0.2) is 0 Å². The predicted molar refractivity (Wildman–Crippen MR) is 93.2 cm³/mol. The summed E-state index contributed by atoms with van der Waals surface area (Å²) in [6, 6.07) is -0.868. The molecule has 7 heteroatoms. The molecule has 148 valence electrons. The largest absolute Gasteiger partial charge is 0.467 e.